The van der Waals surface area contributed by atoms with E-state index in [1.165, 1.54) is 22.9 Å². The molecule has 8 heteroatoms. The first-order chi connectivity index (χ1) is 8.99. The molecule has 0 unspecified atom stereocenters. The Morgan fingerprint density at radius 1 is 1.32 bits per heavy atom. The largest absolute Gasteiger partial charge is 0.334 e. The molecule has 19 heavy (non-hydrogen) atoms. The molecule has 2 aromatic rings. The van der Waals surface area contributed by atoms with Crippen molar-refractivity contribution < 1.29 is 4.92 Å². The predicted octanol–water partition coefficient (Wildman–Crippen LogP) is 2.51. The molecule has 2 aromatic heterocycles. The van der Waals surface area contributed by atoms with Crippen molar-refractivity contribution >= 4 is 28.9 Å². The summed E-state index contributed by atoms with van der Waals surface area (Å²) in [5.41, 5.74) is -0.632. The molecule has 2 heterocycles. The second kappa shape index (κ2) is 5.38. The zero-order chi connectivity index (χ0) is 14.0. The number of nitro groups is 1. The van der Waals surface area contributed by atoms with E-state index in [9.17, 15) is 14.9 Å². The maximum absolute atomic E-state index is 11.8. The second-order valence-corrected chi connectivity index (χ2v) is 4.41. The summed E-state index contributed by atoms with van der Waals surface area (Å²) in [6.07, 6.45) is 1.44. The van der Waals surface area contributed by atoms with Gasteiger partial charge in [-0.1, -0.05) is 29.3 Å². The number of hydrogen-bond donors (Lipinski definition) is 0. The maximum atomic E-state index is 11.8. The Bertz CT molecular complexity index is 700. The lowest BCUT2D eigenvalue weighted by molar-refractivity contribution is -0.386. The van der Waals surface area contributed by atoms with Gasteiger partial charge in [0, 0.05) is 17.8 Å². The first-order valence-corrected chi connectivity index (χ1v) is 5.89. The van der Waals surface area contributed by atoms with Gasteiger partial charge in [0.2, 0.25) is 0 Å². The molecule has 0 bridgehead atoms. The molecule has 0 aromatic carbocycles. The minimum atomic E-state index is -0.722. The molecule has 2 rings (SSSR count). The quantitative estimate of drug-likeness (QED) is 0.495. The molecule has 0 aliphatic carbocycles. The summed E-state index contributed by atoms with van der Waals surface area (Å²) in [4.78, 5) is 25.6. The zero-order valence-electron chi connectivity index (χ0n) is 9.42. The van der Waals surface area contributed by atoms with Crippen LogP contribution in [0.5, 0.6) is 0 Å². The summed E-state index contributed by atoms with van der Waals surface area (Å²) in [6, 6.07) is 5.73. The van der Waals surface area contributed by atoms with Crippen molar-refractivity contribution in [2.45, 2.75) is 6.54 Å². The van der Waals surface area contributed by atoms with Crippen molar-refractivity contribution in [3.8, 4) is 0 Å². The highest BCUT2D eigenvalue weighted by Crippen LogP contribution is 2.17. The van der Waals surface area contributed by atoms with Crippen LogP contribution in [0.15, 0.2) is 35.3 Å². The third-order valence-electron chi connectivity index (χ3n) is 2.43. The lowest BCUT2D eigenvalue weighted by atomic mass is 10.3. The van der Waals surface area contributed by atoms with Gasteiger partial charge in [0.15, 0.2) is 0 Å². The fourth-order valence-corrected chi connectivity index (χ4v) is 1.93. The van der Waals surface area contributed by atoms with E-state index in [2.05, 4.69) is 4.98 Å². The molecule has 0 spiro atoms. The van der Waals surface area contributed by atoms with E-state index >= 15 is 0 Å². The molecule has 0 aliphatic heterocycles. The van der Waals surface area contributed by atoms with Gasteiger partial charge in [-0.05, 0) is 12.1 Å². The SMILES string of the molecule is O=c1c([N+](=O)[O-])cccn1Cc1ccc(Cl)nc1Cl. The molecule has 0 aliphatic rings. The number of halogens is 2. The van der Waals surface area contributed by atoms with Crippen molar-refractivity contribution in [2.24, 2.45) is 0 Å². The van der Waals surface area contributed by atoms with Crippen LogP contribution < -0.4 is 5.56 Å². The number of pyridine rings is 2. The van der Waals surface area contributed by atoms with E-state index in [4.69, 9.17) is 23.2 Å². The predicted molar refractivity (Wildman–Crippen MR) is 70.7 cm³/mol. The van der Waals surface area contributed by atoms with Gasteiger partial charge in [-0.3, -0.25) is 14.9 Å². The van der Waals surface area contributed by atoms with Crippen LogP contribution in [0.25, 0.3) is 0 Å². The molecule has 0 radical (unpaired) electrons. The Balaban J connectivity index is 2.42. The van der Waals surface area contributed by atoms with Crippen molar-refractivity contribution in [2.75, 3.05) is 0 Å². The van der Waals surface area contributed by atoms with E-state index in [0.717, 1.165) is 6.07 Å². The molecule has 98 valence electrons. The molecule has 0 saturated heterocycles. The Kier molecular flexibility index (Phi) is 3.82. The van der Waals surface area contributed by atoms with Gasteiger partial charge >= 0.3 is 11.2 Å². The average molecular weight is 300 g/mol. The number of hydrogen-bond acceptors (Lipinski definition) is 4. The maximum Gasteiger partial charge on any atom is 0.334 e. The van der Waals surface area contributed by atoms with Gasteiger partial charge in [0.05, 0.1) is 11.5 Å². The van der Waals surface area contributed by atoms with Crippen LogP contribution in [-0.2, 0) is 6.54 Å². The highest BCUT2D eigenvalue weighted by Gasteiger charge is 2.14. The van der Waals surface area contributed by atoms with Gasteiger partial charge in [-0.25, -0.2) is 4.98 Å². The van der Waals surface area contributed by atoms with Crippen LogP contribution in [0.4, 0.5) is 5.69 Å². The molecule has 0 atom stereocenters. The monoisotopic (exact) mass is 299 g/mol. The van der Waals surface area contributed by atoms with Crippen molar-refractivity contribution in [1.29, 1.82) is 0 Å². The highest BCUT2D eigenvalue weighted by molar-refractivity contribution is 6.32. The van der Waals surface area contributed by atoms with Crippen LogP contribution in [0.1, 0.15) is 5.56 Å². The van der Waals surface area contributed by atoms with Gasteiger partial charge in [-0.2, -0.15) is 0 Å². The first kappa shape index (κ1) is 13.5. The van der Waals surface area contributed by atoms with Crippen molar-refractivity contribution in [3.63, 3.8) is 0 Å². The smallest absolute Gasteiger partial charge is 0.305 e. The average Bonchev–Trinajstić information content (AvgIpc) is 2.34. The first-order valence-electron chi connectivity index (χ1n) is 5.14. The second-order valence-electron chi connectivity index (χ2n) is 3.67. The highest BCUT2D eigenvalue weighted by atomic mass is 35.5. The molecule has 0 saturated carbocycles. The molecule has 0 fully saturated rings. The zero-order valence-corrected chi connectivity index (χ0v) is 10.9. The van der Waals surface area contributed by atoms with Crippen LogP contribution in [-0.4, -0.2) is 14.5 Å². The minimum Gasteiger partial charge on any atom is -0.305 e. The fourth-order valence-electron chi connectivity index (χ4n) is 1.53. The Morgan fingerprint density at radius 2 is 2.05 bits per heavy atom. The summed E-state index contributed by atoms with van der Waals surface area (Å²) in [5.74, 6) is 0. The summed E-state index contributed by atoms with van der Waals surface area (Å²) in [5, 5.41) is 11.1. The lowest BCUT2D eigenvalue weighted by Crippen LogP contribution is -2.22. The van der Waals surface area contributed by atoms with Crippen LogP contribution in [0, 0.1) is 10.1 Å². The number of aromatic nitrogens is 2. The van der Waals surface area contributed by atoms with Gasteiger partial charge < -0.3 is 4.57 Å². The summed E-state index contributed by atoms with van der Waals surface area (Å²) < 4.78 is 1.19. The van der Waals surface area contributed by atoms with Crippen LogP contribution in [0.3, 0.4) is 0 Å². The summed E-state index contributed by atoms with van der Waals surface area (Å²) in [7, 11) is 0. The number of nitrogens with zero attached hydrogens (tertiary/aromatic N) is 3. The van der Waals surface area contributed by atoms with Crippen LogP contribution >= 0.6 is 23.2 Å². The van der Waals surface area contributed by atoms with E-state index in [1.807, 2.05) is 0 Å². The molecule has 0 N–H and O–H groups in total. The van der Waals surface area contributed by atoms with Gasteiger partial charge in [-0.15, -0.1) is 0 Å². The van der Waals surface area contributed by atoms with Crippen molar-refractivity contribution in [3.05, 3.63) is 66.8 Å². The topological polar surface area (TPSA) is 78.0 Å². The van der Waals surface area contributed by atoms with Crippen LogP contribution in [0.2, 0.25) is 10.3 Å². The molecular weight excluding hydrogens is 293 g/mol. The van der Waals surface area contributed by atoms with Crippen molar-refractivity contribution in [1.82, 2.24) is 9.55 Å². The minimum absolute atomic E-state index is 0.0868. The number of rotatable bonds is 3. The standard InChI is InChI=1S/C11H7Cl2N3O3/c12-9-4-3-7(10(13)14-9)6-15-5-1-2-8(11(15)17)16(18)19/h1-5H,6H2. The molecule has 6 nitrogen and oxygen atoms in total. The summed E-state index contributed by atoms with van der Waals surface area (Å²) in [6.45, 7) is 0.0868. The van der Waals surface area contributed by atoms with E-state index in [1.54, 1.807) is 6.07 Å². The van der Waals surface area contributed by atoms with Gasteiger partial charge in [0.25, 0.3) is 0 Å². The molecule has 0 amide bonds. The summed E-state index contributed by atoms with van der Waals surface area (Å²) >= 11 is 11.6. The Morgan fingerprint density at radius 3 is 2.68 bits per heavy atom. The lowest BCUT2D eigenvalue weighted by Gasteiger charge is -2.06. The fraction of sp³-hybridized carbons (Fsp3) is 0.0909. The molecular formula is C11H7Cl2N3O3. The third-order valence-corrected chi connectivity index (χ3v) is 2.97. The van der Waals surface area contributed by atoms with E-state index < -0.39 is 16.2 Å². The van der Waals surface area contributed by atoms with E-state index in [0.29, 0.717) is 5.56 Å². The third kappa shape index (κ3) is 2.91. The normalized spacial score (nSPS) is 10.4. The van der Waals surface area contributed by atoms with Gasteiger partial charge in [0.1, 0.15) is 10.3 Å². The van der Waals surface area contributed by atoms with E-state index in [-0.39, 0.29) is 16.9 Å². The Hall–Kier alpha value is -1.92. The Labute approximate surface area is 117 Å².